The van der Waals surface area contributed by atoms with E-state index in [1.165, 1.54) is 7.11 Å². The maximum atomic E-state index is 11.0. The highest BCUT2D eigenvalue weighted by Crippen LogP contribution is 2.36. The second-order valence-electron chi connectivity index (χ2n) is 2.82. The lowest BCUT2D eigenvalue weighted by Crippen LogP contribution is -2.35. The van der Waals surface area contributed by atoms with Crippen molar-refractivity contribution in [1.29, 1.82) is 0 Å². The Morgan fingerprint density at radius 3 is 3.07 bits per heavy atom. The van der Waals surface area contributed by atoms with Crippen LogP contribution in [-0.4, -0.2) is 18.3 Å². The Bertz CT molecular complexity index is 377. The monoisotopic (exact) mass is 195 g/mol. The normalized spacial score (nSPS) is 19.3. The molecule has 0 unspecified atom stereocenters. The molecule has 5 nitrogen and oxygen atoms in total. The second-order valence-corrected chi connectivity index (χ2v) is 2.82. The van der Waals surface area contributed by atoms with Gasteiger partial charge in [0.2, 0.25) is 0 Å². The highest BCUT2D eigenvalue weighted by atomic mass is 16.6. The van der Waals surface area contributed by atoms with Gasteiger partial charge in [0.1, 0.15) is 0 Å². The van der Waals surface area contributed by atoms with Gasteiger partial charge in [-0.2, -0.15) is 0 Å². The minimum atomic E-state index is -1.04. The van der Waals surface area contributed by atoms with Crippen LogP contribution in [0.1, 0.15) is 11.8 Å². The number of fused-ring (bicyclic) bond motifs is 1. The average molecular weight is 195 g/mol. The molecule has 0 saturated heterocycles. The van der Waals surface area contributed by atoms with E-state index in [1.807, 2.05) is 0 Å². The van der Waals surface area contributed by atoms with Crippen LogP contribution in [-0.2, 0) is 0 Å². The van der Waals surface area contributed by atoms with Crippen LogP contribution in [0.4, 0.5) is 4.79 Å². The van der Waals surface area contributed by atoms with Gasteiger partial charge in [-0.1, -0.05) is 12.1 Å². The lowest BCUT2D eigenvalue weighted by atomic mass is 10.1. The summed E-state index contributed by atoms with van der Waals surface area (Å²) in [5.41, 5.74) is 0.490. The number of benzene rings is 1. The van der Waals surface area contributed by atoms with Crippen LogP contribution in [0.15, 0.2) is 18.2 Å². The van der Waals surface area contributed by atoms with Gasteiger partial charge in [-0.05, 0) is 6.07 Å². The topological polar surface area (TPSA) is 67.8 Å². The summed E-state index contributed by atoms with van der Waals surface area (Å²) in [6, 6.07) is 5.02. The van der Waals surface area contributed by atoms with Crippen molar-refractivity contribution in [3.63, 3.8) is 0 Å². The van der Waals surface area contributed by atoms with E-state index in [1.54, 1.807) is 18.2 Å². The molecule has 1 atom stereocenters. The summed E-state index contributed by atoms with van der Waals surface area (Å²) in [5.74, 6) is 0.697. The molecule has 2 rings (SSSR count). The predicted octanol–water partition coefficient (Wildman–Crippen LogP) is 0.788. The van der Waals surface area contributed by atoms with Gasteiger partial charge in [-0.15, -0.1) is 0 Å². The second kappa shape index (κ2) is 3.19. The molecule has 5 heteroatoms. The largest absolute Gasteiger partial charge is 0.493 e. The number of carbonyl (C=O) groups excluding carboxylic acids is 1. The Hall–Kier alpha value is -1.75. The Balaban J connectivity index is 2.52. The standard InChI is InChI=1S/C9H9NO4/c1-13-6-4-2-3-5-7(6)14-9(12)10-8(5)11/h2-4,8,11H,1H3,(H,10,12)/t8-/m0/s1. The lowest BCUT2D eigenvalue weighted by molar-refractivity contribution is 0.107. The fraction of sp³-hybridized carbons (Fsp3) is 0.222. The number of methoxy groups -OCH3 is 1. The molecule has 0 radical (unpaired) electrons. The molecule has 1 aromatic carbocycles. The highest BCUT2D eigenvalue weighted by Gasteiger charge is 2.26. The molecule has 14 heavy (non-hydrogen) atoms. The maximum Gasteiger partial charge on any atom is 0.415 e. The number of nitrogens with one attached hydrogen (secondary N) is 1. The molecular formula is C9H9NO4. The molecule has 1 aromatic rings. The van der Waals surface area contributed by atoms with Crippen LogP contribution >= 0.6 is 0 Å². The van der Waals surface area contributed by atoms with Crippen LogP contribution in [0.3, 0.4) is 0 Å². The van der Waals surface area contributed by atoms with Crippen LogP contribution in [0, 0.1) is 0 Å². The summed E-state index contributed by atoms with van der Waals surface area (Å²) in [6.07, 6.45) is -1.73. The van der Waals surface area contributed by atoms with Crippen molar-refractivity contribution >= 4 is 6.09 Å². The first-order chi connectivity index (χ1) is 6.72. The van der Waals surface area contributed by atoms with Crippen molar-refractivity contribution in [3.8, 4) is 11.5 Å². The van der Waals surface area contributed by atoms with Crippen molar-refractivity contribution in [2.24, 2.45) is 0 Å². The Labute approximate surface area is 80.3 Å². The minimum Gasteiger partial charge on any atom is -0.493 e. The van der Waals surface area contributed by atoms with Gasteiger partial charge in [0.15, 0.2) is 17.7 Å². The number of hydrogen-bond donors (Lipinski definition) is 2. The first-order valence-corrected chi connectivity index (χ1v) is 4.05. The first kappa shape index (κ1) is 8.83. The molecule has 0 aliphatic carbocycles. The number of amides is 1. The number of carbonyl (C=O) groups is 1. The van der Waals surface area contributed by atoms with Crippen molar-refractivity contribution in [2.75, 3.05) is 7.11 Å². The number of rotatable bonds is 1. The number of ether oxygens (including phenoxy) is 2. The van der Waals surface area contributed by atoms with Gasteiger partial charge in [-0.25, -0.2) is 4.79 Å². The summed E-state index contributed by atoms with van der Waals surface area (Å²) in [7, 11) is 1.47. The van der Waals surface area contributed by atoms with E-state index in [0.29, 0.717) is 11.3 Å². The lowest BCUT2D eigenvalue weighted by Gasteiger charge is -2.23. The number of hydrogen-bond acceptors (Lipinski definition) is 4. The summed E-state index contributed by atoms with van der Waals surface area (Å²) in [6.45, 7) is 0. The minimum absolute atomic E-state index is 0.270. The fourth-order valence-corrected chi connectivity index (χ4v) is 1.33. The number of aliphatic hydroxyl groups is 1. The number of para-hydroxylation sites is 1. The zero-order valence-corrected chi connectivity index (χ0v) is 7.48. The van der Waals surface area contributed by atoms with Gasteiger partial charge in [0.05, 0.1) is 7.11 Å². The third-order valence-corrected chi connectivity index (χ3v) is 1.97. The van der Waals surface area contributed by atoms with Crippen LogP contribution < -0.4 is 14.8 Å². The summed E-state index contributed by atoms with van der Waals surface area (Å²) >= 11 is 0. The Morgan fingerprint density at radius 2 is 2.36 bits per heavy atom. The average Bonchev–Trinajstić information content (AvgIpc) is 2.17. The molecule has 1 amide bonds. The fourth-order valence-electron chi connectivity index (χ4n) is 1.33. The van der Waals surface area contributed by atoms with Gasteiger partial charge in [0.25, 0.3) is 0 Å². The highest BCUT2D eigenvalue weighted by molar-refractivity contribution is 5.75. The Morgan fingerprint density at radius 1 is 1.57 bits per heavy atom. The summed E-state index contributed by atoms with van der Waals surface area (Å²) in [5, 5.41) is 11.7. The van der Waals surface area contributed by atoms with Crippen molar-refractivity contribution < 1.29 is 19.4 Å². The van der Waals surface area contributed by atoms with Crippen LogP contribution in [0.2, 0.25) is 0 Å². The van der Waals surface area contributed by atoms with E-state index in [-0.39, 0.29) is 5.75 Å². The zero-order valence-electron chi connectivity index (χ0n) is 7.48. The zero-order chi connectivity index (χ0) is 10.1. The number of aliphatic hydroxyl groups excluding tert-OH is 1. The van der Waals surface area contributed by atoms with Crippen LogP contribution in [0.25, 0.3) is 0 Å². The van der Waals surface area contributed by atoms with Crippen molar-refractivity contribution in [3.05, 3.63) is 23.8 Å². The van der Waals surface area contributed by atoms with Gasteiger partial charge >= 0.3 is 6.09 Å². The maximum absolute atomic E-state index is 11.0. The molecule has 0 bridgehead atoms. The SMILES string of the molecule is COc1cccc2c1OC(=O)N[C@H]2O. The molecule has 2 N–H and O–H groups in total. The molecule has 0 saturated carbocycles. The van der Waals surface area contributed by atoms with Crippen molar-refractivity contribution in [2.45, 2.75) is 6.23 Å². The smallest absolute Gasteiger partial charge is 0.415 e. The van der Waals surface area contributed by atoms with E-state index in [2.05, 4.69) is 5.32 Å². The molecule has 74 valence electrons. The predicted molar refractivity (Wildman–Crippen MR) is 47.1 cm³/mol. The molecule has 1 aliphatic rings. The van der Waals surface area contributed by atoms with Gasteiger partial charge in [-0.3, -0.25) is 5.32 Å². The van der Waals surface area contributed by atoms with E-state index in [4.69, 9.17) is 9.47 Å². The third kappa shape index (κ3) is 1.27. The van der Waals surface area contributed by atoms with Crippen molar-refractivity contribution in [1.82, 2.24) is 5.32 Å². The van der Waals surface area contributed by atoms with Crippen LogP contribution in [0.5, 0.6) is 11.5 Å². The molecule has 0 fully saturated rings. The molecular weight excluding hydrogens is 186 g/mol. The van der Waals surface area contributed by atoms with Gasteiger partial charge < -0.3 is 14.6 Å². The molecule has 1 aliphatic heterocycles. The van der Waals surface area contributed by atoms with E-state index < -0.39 is 12.3 Å². The molecule has 0 spiro atoms. The molecule has 1 heterocycles. The Kier molecular flexibility index (Phi) is 2.01. The first-order valence-electron chi connectivity index (χ1n) is 4.05. The van der Waals surface area contributed by atoms with Gasteiger partial charge in [0, 0.05) is 5.56 Å². The van der Waals surface area contributed by atoms with E-state index in [9.17, 15) is 9.90 Å². The van der Waals surface area contributed by atoms with E-state index >= 15 is 0 Å². The third-order valence-electron chi connectivity index (χ3n) is 1.97. The summed E-state index contributed by atoms with van der Waals surface area (Å²) in [4.78, 5) is 11.0. The molecule has 0 aromatic heterocycles. The van der Waals surface area contributed by atoms with E-state index in [0.717, 1.165) is 0 Å². The quantitative estimate of drug-likeness (QED) is 0.695. The summed E-state index contributed by atoms with van der Waals surface area (Å²) < 4.78 is 9.88.